The van der Waals surface area contributed by atoms with Gasteiger partial charge in [-0.05, 0) is 30.7 Å². The highest BCUT2D eigenvalue weighted by Crippen LogP contribution is 2.22. The summed E-state index contributed by atoms with van der Waals surface area (Å²) in [4.78, 5) is 13.0. The molecule has 4 heteroatoms. The summed E-state index contributed by atoms with van der Waals surface area (Å²) < 4.78 is 0. The fraction of sp³-hybridized carbons (Fsp3) is 0.133. The maximum atomic E-state index is 11.9. The van der Waals surface area contributed by atoms with Crippen molar-refractivity contribution >= 4 is 29.0 Å². The van der Waals surface area contributed by atoms with Crippen molar-refractivity contribution in [1.82, 2.24) is 0 Å². The molecular formula is C15H16N2OS. The van der Waals surface area contributed by atoms with Crippen molar-refractivity contribution in [1.29, 1.82) is 0 Å². The number of anilines is 2. The molecule has 2 aromatic carbocycles. The van der Waals surface area contributed by atoms with Crippen LogP contribution in [0, 0.1) is 6.92 Å². The Hall–Kier alpha value is -1.94. The highest BCUT2D eigenvalue weighted by atomic mass is 32.2. The molecule has 2 aromatic rings. The highest BCUT2D eigenvalue weighted by Gasteiger charge is 2.06. The lowest BCUT2D eigenvalue weighted by Crippen LogP contribution is -2.15. The van der Waals surface area contributed by atoms with E-state index in [1.165, 1.54) is 17.3 Å². The van der Waals surface area contributed by atoms with Gasteiger partial charge in [-0.25, -0.2) is 0 Å². The number of nitrogens with two attached hydrogens (primary N) is 1. The number of rotatable bonds is 4. The van der Waals surface area contributed by atoms with Gasteiger partial charge in [0.2, 0.25) is 5.91 Å². The van der Waals surface area contributed by atoms with Gasteiger partial charge in [0.25, 0.3) is 0 Å². The zero-order valence-electron chi connectivity index (χ0n) is 10.7. The number of carbonyl (C=O) groups is 1. The number of nitrogen functional groups attached to an aromatic ring is 1. The van der Waals surface area contributed by atoms with Gasteiger partial charge >= 0.3 is 0 Å². The van der Waals surface area contributed by atoms with Crippen LogP contribution in [0.15, 0.2) is 53.4 Å². The zero-order valence-corrected chi connectivity index (χ0v) is 11.5. The van der Waals surface area contributed by atoms with Gasteiger partial charge in [0.1, 0.15) is 0 Å². The van der Waals surface area contributed by atoms with Crippen LogP contribution < -0.4 is 11.1 Å². The van der Waals surface area contributed by atoms with E-state index < -0.39 is 0 Å². The van der Waals surface area contributed by atoms with Crippen molar-refractivity contribution in [3.05, 3.63) is 54.1 Å². The number of hydrogen-bond acceptors (Lipinski definition) is 3. The Bertz CT molecular complexity index is 584. The molecule has 1 amide bonds. The Balaban J connectivity index is 1.92. The fourth-order valence-electron chi connectivity index (χ4n) is 1.66. The Kier molecular flexibility index (Phi) is 4.47. The van der Waals surface area contributed by atoms with Crippen molar-refractivity contribution in [2.24, 2.45) is 0 Å². The molecule has 0 aromatic heterocycles. The molecule has 98 valence electrons. The molecule has 3 N–H and O–H groups in total. The predicted octanol–water partition coefficient (Wildman–Crippen LogP) is 3.31. The molecule has 3 nitrogen and oxygen atoms in total. The molecule has 0 saturated carbocycles. The van der Waals surface area contributed by atoms with E-state index >= 15 is 0 Å². The topological polar surface area (TPSA) is 55.1 Å². The first-order valence-electron chi connectivity index (χ1n) is 5.99. The molecule has 0 atom stereocenters. The van der Waals surface area contributed by atoms with Crippen LogP contribution in [0.1, 0.15) is 5.56 Å². The number of thioether (sulfide) groups is 1. The van der Waals surface area contributed by atoms with Crippen LogP contribution in [0.25, 0.3) is 0 Å². The van der Waals surface area contributed by atoms with E-state index in [1.807, 2.05) is 43.3 Å². The third-order valence-electron chi connectivity index (χ3n) is 2.69. The van der Waals surface area contributed by atoms with E-state index in [2.05, 4.69) is 5.32 Å². The van der Waals surface area contributed by atoms with Crippen molar-refractivity contribution in [3.63, 3.8) is 0 Å². The Morgan fingerprint density at radius 2 is 1.84 bits per heavy atom. The van der Waals surface area contributed by atoms with E-state index in [9.17, 15) is 4.79 Å². The Morgan fingerprint density at radius 1 is 1.16 bits per heavy atom. The number of nitrogens with one attached hydrogen (secondary N) is 1. The maximum absolute atomic E-state index is 11.9. The first-order valence-corrected chi connectivity index (χ1v) is 6.98. The molecule has 0 heterocycles. The summed E-state index contributed by atoms with van der Waals surface area (Å²) in [7, 11) is 0. The molecule has 0 spiro atoms. The monoisotopic (exact) mass is 272 g/mol. The Labute approximate surface area is 117 Å². The van der Waals surface area contributed by atoms with Crippen molar-refractivity contribution in [2.75, 3.05) is 16.8 Å². The number of benzene rings is 2. The number of para-hydroxylation sites is 2. The SMILES string of the molecule is Cc1ccccc1SCC(=O)Nc1ccccc1N. The standard InChI is InChI=1S/C15H16N2OS/c1-11-6-2-5-9-14(11)19-10-15(18)17-13-8-4-3-7-12(13)16/h2-9H,10,16H2,1H3,(H,17,18). The number of carbonyl (C=O) groups excluding carboxylic acids is 1. The third-order valence-corrected chi connectivity index (χ3v) is 3.86. The first-order chi connectivity index (χ1) is 9.16. The molecule has 0 unspecified atom stereocenters. The van der Waals surface area contributed by atoms with Crippen LogP contribution in [-0.4, -0.2) is 11.7 Å². The summed E-state index contributed by atoms with van der Waals surface area (Å²) in [5.74, 6) is 0.324. The second kappa shape index (κ2) is 6.29. The van der Waals surface area contributed by atoms with Crippen LogP contribution in [0.3, 0.4) is 0 Å². The van der Waals surface area contributed by atoms with Crippen LogP contribution in [0.4, 0.5) is 11.4 Å². The minimum absolute atomic E-state index is 0.0499. The van der Waals surface area contributed by atoms with Gasteiger partial charge in [-0.3, -0.25) is 4.79 Å². The fourth-order valence-corrected chi connectivity index (χ4v) is 2.49. The minimum Gasteiger partial charge on any atom is -0.397 e. The van der Waals surface area contributed by atoms with Crippen LogP contribution in [0.5, 0.6) is 0 Å². The summed E-state index contributed by atoms with van der Waals surface area (Å²) in [6, 6.07) is 15.3. The summed E-state index contributed by atoms with van der Waals surface area (Å²) in [6.45, 7) is 2.04. The summed E-state index contributed by atoms with van der Waals surface area (Å²) >= 11 is 1.53. The van der Waals surface area contributed by atoms with Gasteiger partial charge in [0.15, 0.2) is 0 Å². The van der Waals surface area contributed by atoms with E-state index in [1.54, 1.807) is 12.1 Å². The third kappa shape index (κ3) is 3.76. The number of amides is 1. The lowest BCUT2D eigenvalue weighted by Gasteiger charge is -2.08. The van der Waals surface area contributed by atoms with Gasteiger partial charge in [-0.1, -0.05) is 30.3 Å². The predicted molar refractivity (Wildman–Crippen MR) is 81.4 cm³/mol. The van der Waals surface area contributed by atoms with Gasteiger partial charge < -0.3 is 11.1 Å². The summed E-state index contributed by atoms with van der Waals surface area (Å²) in [5, 5.41) is 2.82. The van der Waals surface area contributed by atoms with Gasteiger partial charge in [-0.2, -0.15) is 0 Å². The van der Waals surface area contributed by atoms with Crippen molar-refractivity contribution in [2.45, 2.75) is 11.8 Å². The number of hydrogen-bond donors (Lipinski definition) is 2. The quantitative estimate of drug-likeness (QED) is 0.663. The molecule has 0 bridgehead atoms. The van der Waals surface area contributed by atoms with E-state index in [0.29, 0.717) is 17.1 Å². The van der Waals surface area contributed by atoms with Crippen LogP contribution in [0.2, 0.25) is 0 Å². The average molecular weight is 272 g/mol. The maximum Gasteiger partial charge on any atom is 0.234 e. The molecule has 0 aliphatic carbocycles. The second-order valence-corrected chi connectivity index (χ2v) is 5.21. The first kappa shape index (κ1) is 13.5. The smallest absolute Gasteiger partial charge is 0.234 e. The molecule has 0 saturated heterocycles. The molecule has 0 aliphatic heterocycles. The normalized spacial score (nSPS) is 10.2. The molecule has 0 aliphatic rings. The lowest BCUT2D eigenvalue weighted by atomic mass is 10.2. The van der Waals surface area contributed by atoms with Crippen molar-refractivity contribution < 1.29 is 4.79 Å². The van der Waals surface area contributed by atoms with Gasteiger partial charge in [0, 0.05) is 4.90 Å². The number of aryl methyl sites for hydroxylation is 1. The largest absolute Gasteiger partial charge is 0.397 e. The van der Waals surface area contributed by atoms with E-state index in [4.69, 9.17) is 5.73 Å². The molecule has 0 radical (unpaired) electrons. The van der Waals surface area contributed by atoms with Crippen LogP contribution >= 0.6 is 11.8 Å². The van der Waals surface area contributed by atoms with E-state index in [0.717, 1.165) is 4.90 Å². The highest BCUT2D eigenvalue weighted by molar-refractivity contribution is 8.00. The zero-order chi connectivity index (χ0) is 13.7. The van der Waals surface area contributed by atoms with E-state index in [-0.39, 0.29) is 5.91 Å². The lowest BCUT2D eigenvalue weighted by molar-refractivity contribution is -0.113. The Morgan fingerprint density at radius 3 is 2.58 bits per heavy atom. The van der Waals surface area contributed by atoms with Crippen molar-refractivity contribution in [3.8, 4) is 0 Å². The molecule has 2 rings (SSSR count). The second-order valence-electron chi connectivity index (χ2n) is 4.19. The molecule has 19 heavy (non-hydrogen) atoms. The van der Waals surface area contributed by atoms with Gasteiger partial charge in [-0.15, -0.1) is 11.8 Å². The van der Waals surface area contributed by atoms with Gasteiger partial charge in [0.05, 0.1) is 17.1 Å². The minimum atomic E-state index is -0.0499. The summed E-state index contributed by atoms with van der Waals surface area (Å²) in [6.07, 6.45) is 0. The summed E-state index contributed by atoms with van der Waals surface area (Å²) in [5.41, 5.74) is 8.20. The molecule has 0 fully saturated rings. The van der Waals surface area contributed by atoms with Crippen LogP contribution in [-0.2, 0) is 4.79 Å². The molecular weight excluding hydrogens is 256 g/mol. The average Bonchev–Trinajstić information content (AvgIpc) is 2.40.